The van der Waals surface area contributed by atoms with Gasteiger partial charge in [-0.1, -0.05) is 69.5 Å². The molecule has 2 rings (SSSR count). The number of allylic oxidation sites excluding steroid dienone is 6. The number of hydrogen-bond acceptors (Lipinski definition) is 3. The molecule has 0 radical (unpaired) electrons. The third-order valence-corrected chi connectivity index (χ3v) is 6.90. The summed E-state index contributed by atoms with van der Waals surface area (Å²) >= 11 is 6.40. The second-order valence-electron chi connectivity index (χ2n) is 10.6. The molecule has 1 unspecified atom stereocenters. The third kappa shape index (κ3) is 12.1. The van der Waals surface area contributed by atoms with Crippen molar-refractivity contribution in [1.82, 2.24) is 15.3 Å². The summed E-state index contributed by atoms with van der Waals surface area (Å²) in [5.41, 5.74) is 5.46. The molecule has 1 aromatic carbocycles. The Morgan fingerprint density at radius 2 is 1.82 bits per heavy atom. The molecule has 0 spiro atoms. The van der Waals surface area contributed by atoms with Crippen molar-refractivity contribution < 1.29 is 9.18 Å². The Balaban J connectivity index is 0.00000242. The second-order valence-corrected chi connectivity index (χ2v) is 10.9. The monoisotopic (exact) mass is 559 g/mol. The van der Waals surface area contributed by atoms with Crippen molar-refractivity contribution in [3.63, 3.8) is 0 Å². The number of benzene rings is 1. The van der Waals surface area contributed by atoms with Gasteiger partial charge in [-0.15, -0.1) is 11.6 Å². The van der Waals surface area contributed by atoms with Crippen LogP contribution >= 0.6 is 11.6 Å². The molecule has 1 aromatic rings. The fourth-order valence-electron chi connectivity index (χ4n) is 4.56. The summed E-state index contributed by atoms with van der Waals surface area (Å²) in [6.45, 7) is 16.2. The van der Waals surface area contributed by atoms with Crippen molar-refractivity contribution in [2.75, 3.05) is 12.9 Å². The highest BCUT2D eigenvalue weighted by molar-refractivity contribution is 6.19. The number of hydrogen-bond donors (Lipinski definition) is 1. The van der Waals surface area contributed by atoms with Gasteiger partial charge in [0.1, 0.15) is 11.9 Å². The zero-order valence-corrected chi connectivity index (χ0v) is 26.1. The number of nitrogens with zero attached hydrogens (tertiary/aromatic N) is 2. The number of carbonyl (C=O) groups is 1. The zero-order valence-electron chi connectivity index (χ0n) is 25.3. The van der Waals surface area contributed by atoms with Crippen molar-refractivity contribution in [2.24, 2.45) is 0 Å². The van der Waals surface area contributed by atoms with Crippen LogP contribution in [0.4, 0.5) is 4.39 Å². The summed E-state index contributed by atoms with van der Waals surface area (Å²) in [5, 5.41) is 7.20. The largest absolute Gasteiger partial charge is 0.352 e. The van der Waals surface area contributed by atoms with Gasteiger partial charge < -0.3 is 5.32 Å². The Labute approximate surface area is 242 Å². The molecule has 0 aliphatic carbocycles. The Bertz CT molecular complexity index is 998. The normalized spacial score (nSPS) is 16.8. The van der Waals surface area contributed by atoms with Gasteiger partial charge in [0.25, 0.3) is 0 Å². The standard InChI is InChI=1S/C30H43ClFN3O.C3H8/c1-7-23(4)17-18-28(21-31)35-24(5)26(20-29(34(35)6)30(36)33-22(2)3)15-11-9-8-10-13-25-14-12-16-27(32)19-25;1-3-2/h7,12,14,16-19,22,29H,1,8-11,13,15,20-21H2,2-6H3,(H,33,36);3H2,1-2H3/b23-17-,28-18+;. The van der Waals surface area contributed by atoms with Gasteiger partial charge in [-0.05, 0) is 89.1 Å². The first-order chi connectivity index (χ1) is 18.6. The lowest BCUT2D eigenvalue weighted by atomic mass is 9.94. The summed E-state index contributed by atoms with van der Waals surface area (Å²) in [5.74, 6) is 0.191. The van der Waals surface area contributed by atoms with E-state index >= 15 is 0 Å². The van der Waals surface area contributed by atoms with Gasteiger partial charge in [0.05, 0.1) is 5.88 Å². The summed E-state index contributed by atoms with van der Waals surface area (Å²) < 4.78 is 13.4. The first-order valence-electron chi connectivity index (χ1n) is 14.4. The minimum atomic E-state index is -0.296. The van der Waals surface area contributed by atoms with Crippen LogP contribution in [0.2, 0.25) is 0 Å². The molecule has 0 aromatic heterocycles. The number of alkyl halides is 1. The van der Waals surface area contributed by atoms with Crippen LogP contribution in [0.5, 0.6) is 0 Å². The topological polar surface area (TPSA) is 35.6 Å². The minimum Gasteiger partial charge on any atom is -0.352 e. The van der Waals surface area contributed by atoms with E-state index < -0.39 is 0 Å². The van der Waals surface area contributed by atoms with Gasteiger partial charge in [0, 0.05) is 24.5 Å². The number of amides is 1. The van der Waals surface area contributed by atoms with Crippen LogP contribution in [0.1, 0.15) is 92.1 Å². The molecule has 1 aliphatic heterocycles. The predicted molar refractivity (Wildman–Crippen MR) is 166 cm³/mol. The lowest BCUT2D eigenvalue weighted by Gasteiger charge is -2.45. The third-order valence-electron chi connectivity index (χ3n) is 6.62. The van der Waals surface area contributed by atoms with Crippen LogP contribution in [-0.4, -0.2) is 40.9 Å². The molecule has 1 atom stereocenters. The van der Waals surface area contributed by atoms with E-state index in [9.17, 15) is 9.18 Å². The van der Waals surface area contributed by atoms with Crippen LogP contribution in [0.25, 0.3) is 0 Å². The fourth-order valence-corrected chi connectivity index (χ4v) is 4.77. The van der Waals surface area contributed by atoms with Crippen LogP contribution < -0.4 is 5.32 Å². The number of unbranched alkanes of at least 4 members (excludes halogenated alkanes) is 3. The van der Waals surface area contributed by atoms with E-state index in [2.05, 4.69) is 37.7 Å². The van der Waals surface area contributed by atoms with Gasteiger partial charge in [0.2, 0.25) is 5.91 Å². The molecule has 0 bridgehead atoms. The maximum Gasteiger partial charge on any atom is 0.239 e. The van der Waals surface area contributed by atoms with E-state index in [1.807, 2.05) is 57.1 Å². The van der Waals surface area contributed by atoms with Crippen molar-refractivity contribution >= 4 is 17.5 Å². The van der Waals surface area contributed by atoms with E-state index in [1.54, 1.807) is 12.1 Å². The van der Waals surface area contributed by atoms with Gasteiger partial charge in [-0.3, -0.25) is 9.80 Å². The SMILES string of the molecule is C=C/C(C)=C\C=C(/CCl)N1C(C)=C(CCCCCCc2cccc(F)c2)CC(C(=O)NC(C)C)N1C.CCC. The summed E-state index contributed by atoms with van der Waals surface area (Å²) in [4.78, 5) is 13.1. The van der Waals surface area contributed by atoms with Crippen LogP contribution in [0.3, 0.4) is 0 Å². The number of halogens is 2. The van der Waals surface area contributed by atoms with E-state index in [1.165, 1.54) is 18.1 Å². The molecule has 1 aliphatic rings. The first kappa shape index (κ1) is 34.7. The molecule has 218 valence electrons. The average Bonchev–Trinajstić information content (AvgIpc) is 2.88. The molecule has 1 heterocycles. The van der Waals surface area contributed by atoms with Gasteiger partial charge in [-0.25, -0.2) is 9.40 Å². The lowest BCUT2D eigenvalue weighted by molar-refractivity contribution is -0.132. The Kier molecular flexibility index (Phi) is 16.7. The summed E-state index contributed by atoms with van der Waals surface area (Å²) in [6, 6.07) is 6.65. The van der Waals surface area contributed by atoms with E-state index in [0.717, 1.165) is 61.1 Å². The number of aryl methyl sites for hydroxylation is 1. The van der Waals surface area contributed by atoms with Crippen LogP contribution in [0, 0.1) is 5.82 Å². The maximum atomic E-state index is 13.4. The number of likely N-dealkylation sites (N-methyl/N-ethyl adjacent to an activating group) is 1. The van der Waals surface area contributed by atoms with Crippen molar-refractivity contribution in [3.8, 4) is 0 Å². The molecular weight excluding hydrogens is 509 g/mol. The first-order valence-corrected chi connectivity index (χ1v) is 14.9. The Morgan fingerprint density at radius 1 is 1.18 bits per heavy atom. The van der Waals surface area contributed by atoms with Gasteiger partial charge in [0.15, 0.2) is 0 Å². The molecular formula is C33H51ClFN3O. The van der Waals surface area contributed by atoms with Crippen molar-refractivity contribution in [1.29, 1.82) is 0 Å². The van der Waals surface area contributed by atoms with E-state index in [4.69, 9.17) is 11.6 Å². The van der Waals surface area contributed by atoms with Crippen LogP contribution in [0.15, 0.2) is 71.6 Å². The quantitative estimate of drug-likeness (QED) is 0.149. The highest BCUT2D eigenvalue weighted by Gasteiger charge is 2.35. The maximum absolute atomic E-state index is 13.4. The summed E-state index contributed by atoms with van der Waals surface area (Å²) in [6.07, 6.45) is 13.9. The zero-order chi connectivity index (χ0) is 29.4. The van der Waals surface area contributed by atoms with Crippen molar-refractivity contribution in [2.45, 2.75) is 105 Å². The highest BCUT2D eigenvalue weighted by Crippen LogP contribution is 2.33. The molecule has 1 N–H and O–H groups in total. The summed E-state index contributed by atoms with van der Waals surface area (Å²) in [7, 11) is 1.96. The number of carbonyl (C=O) groups excluding carboxylic acids is 1. The van der Waals surface area contributed by atoms with Gasteiger partial charge >= 0.3 is 0 Å². The highest BCUT2D eigenvalue weighted by atomic mass is 35.5. The molecule has 0 fully saturated rings. The van der Waals surface area contributed by atoms with E-state index in [0.29, 0.717) is 12.3 Å². The molecule has 1 amide bonds. The predicted octanol–water partition coefficient (Wildman–Crippen LogP) is 8.71. The molecule has 0 saturated heterocycles. The lowest BCUT2D eigenvalue weighted by Crippen LogP contribution is -2.55. The Hall–Kier alpha value is -2.37. The molecule has 4 nitrogen and oxygen atoms in total. The smallest absolute Gasteiger partial charge is 0.239 e. The van der Waals surface area contributed by atoms with E-state index in [-0.39, 0.29) is 23.8 Å². The van der Waals surface area contributed by atoms with Crippen molar-refractivity contribution in [3.05, 3.63) is 83.0 Å². The number of rotatable bonds is 13. The molecule has 39 heavy (non-hydrogen) atoms. The fraction of sp³-hybridized carbons (Fsp3) is 0.545. The molecule has 6 heteroatoms. The van der Waals surface area contributed by atoms with Crippen LogP contribution in [-0.2, 0) is 11.2 Å². The second kappa shape index (κ2) is 18.8. The number of hydrazine groups is 1. The average molecular weight is 560 g/mol. The van der Waals surface area contributed by atoms with Gasteiger partial charge in [-0.2, -0.15) is 0 Å². The minimum absolute atomic E-state index is 0.0318. The Morgan fingerprint density at radius 3 is 2.38 bits per heavy atom. The molecule has 0 saturated carbocycles. The number of nitrogens with one attached hydrogen (secondary N) is 1.